The van der Waals surface area contributed by atoms with E-state index in [-0.39, 0.29) is 12.2 Å². The lowest BCUT2D eigenvalue weighted by Gasteiger charge is -2.19. The summed E-state index contributed by atoms with van der Waals surface area (Å²) in [5, 5.41) is 18.0. The third kappa shape index (κ3) is 6.59. The highest BCUT2D eigenvalue weighted by atomic mass is 35.5. The van der Waals surface area contributed by atoms with Crippen LogP contribution >= 0.6 is 23.2 Å². The number of aliphatic carboxylic acids is 1. The minimum atomic E-state index is -5.33. The largest absolute Gasteiger partial charge is 0.480 e. The number of alkyl halides is 3. The minimum Gasteiger partial charge on any atom is -0.480 e. The van der Waals surface area contributed by atoms with E-state index >= 15 is 0 Å². The van der Waals surface area contributed by atoms with Crippen LogP contribution in [-0.2, 0) is 32.4 Å². The van der Waals surface area contributed by atoms with Crippen molar-refractivity contribution >= 4 is 44.8 Å². The fraction of sp³-hybridized carbons (Fsp3) is 0.400. The summed E-state index contributed by atoms with van der Waals surface area (Å²) < 4.78 is 61.1. The van der Waals surface area contributed by atoms with Gasteiger partial charge in [0, 0.05) is 16.5 Å². The molecule has 1 aromatic carbocycles. The number of hydrogen-bond donors (Lipinski definition) is 2. The van der Waals surface area contributed by atoms with Crippen molar-refractivity contribution in [1.29, 1.82) is 0 Å². The van der Waals surface area contributed by atoms with Gasteiger partial charge in [0.05, 0.1) is 6.04 Å². The molecule has 0 saturated heterocycles. The number of carbonyl (C=O) groups excluding carboxylic acids is 1. The number of tetrazole rings is 1. The van der Waals surface area contributed by atoms with E-state index < -0.39 is 51.4 Å². The number of hydrogen-bond acceptors (Lipinski definition) is 8. The molecule has 0 spiro atoms. The first-order valence-electron chi connectivity index (χ1n) is 8.20. The van der Waals surface area contributed by atoms with Crippen molar-refractivity contribution in [3.05, 3.63) is 39.6 Å². The number of aromatic nitrogens is 4. The van der Waals surface area contributed by atoms with Gasteiger partial charge in [-0.3, -0.25) is 9.59 Å². The summed E-state index contributed by atoms with van der Waals surface area (Å²) in [5.74, 6) is -5.79. The number of carbonyl (C=O) groups is 2. The zero-order valence-electron chi connectivity index (χ0n) is 15.3. The fourth-order valence-electron chi connectivity index (χ4n) is 2.54. The summed E-state index contributed by atoms with van der Waals surface area (Å²) >= 11 is 12.1. The topological polar surface area (TPSA) is 158 Å². The first-order valence-corrected chi connectivity index (χ1v) is 10.7. The number of carboxylic acid groups (broad SMARTS) is 1. The highest BCUT2D eigenvalue weighted by molar-refractivity contribution is 7.92. The van der Waals surface area contributed by atoms with Gasteiger partial charge in [0.1, 0.15) is 12.3 Å². The number of sulfone groups is 1. The third-order valence-corrected chi connectivity index (χ3v) is 6.59. The Bertz CT molecular complexity index is 1070. The van der Waals surface area contributed by atoms with Crippen molar-refractivity contribution in [2.75, 3.05) is 5.75 Å². The van der Waals surface area contributed by atoms with E-state index in [0.29, 0.717) is 20.4 Å². The quantitative estimate of drug-likeness (QED) is 0.506. The maximum absolute atomic E-state index is 12.5. The van der Waals surface area contributed by atoms with Crippen LogP contribution in [0.5, 0.6) is 0 Å². The molecule has 0 aliphatic heterocycles. The Morgan fingerprint density at radius 3 is 2.32 bits per heavy atom. The van der Waals surface area contributed by atoms with Gasteiger partial charge in [-0.1, -0.05) is 29.3 Å². The van der Waals surface area contributed by atoms with Crippen LogP contribution in [0, 0.1) is 0 Å². The molecule has 0 aliphatic carbocycles. The van der Waals surface area contributed by atoms with Gasteiger partial charge in [-0.25, -0.2) is 8.42 Å². The van der Waals surface area contributed by atoms with E-state index in [1.54, 1.807) is 18.2 Å². The monoisotopic (exact) mass is 503 g/mol. The van der Waals surface area contributed by atoms with Crippen LogP contribution < -0.4 is 5.73 Å². The van der Waals surface area contributed by atoms with Crippen LogP contribution in [0.25, 0.3) is 0 Å². The molecule has 2 unspecified atom stereocenters. The highest BCUT2D eigenvalue weighted by Crippen LogP contribution is 2.26. The maximum Gasteiger partial charge on any atom is 0.402 e. The van der Waals surface area contributed by atoms with Crippen LogP contribution in [0.2, 0.25) is 10.0 Å². The molecule has 0 saturated carbocycles. The van der Waals surface area contributed by atoms with Gasteiger partial charge < -0.3 is 10.8 Å². The number of nitrogens with zero attached hydrogens (tertiary/aromatic N) is 4. The zero-order valence-corrected chi connectivity index (χ0v) is 17.6. The highest BCUT2D eigenvalue weighted by Gasteiger charge is 2.47. The number of halogens is 5. The summed E-state index contributed by atoms with van der Waals surface area (Å²) in [7, 11) is -5.33. The van der Waals surface area contributed by atoms with E-state index in [4.69, 9.17) is 34.0 Å². The van der Waals surface area contributed by atoms with Gasteiger partial charge in [0.25, 0.3) is 0 Å². The molecular formula is C15H14Cl2F3N5O5S. The molecule has 0 fully saturated rings. The molecule has 0 radical (unpaired) electrons. The number of ketones is 1. The maximum atomic E-state index is 12.5. The second-order valence-electron chi connectivity index (χ2n) is 6.29. The summed E-state index contributed by atoms with van der Waals surface area (Å²) in [5.41, 5.74) is 5.85. The lowest BCUT2D eigenvalue weighted by molar-refractivity contribution is -0.138. The Labute approximate surface area is 183 Å². The molecule has 0 aliphatic rings. The van der Waals surface area contributed by atoms with Gasteiger partial charge >= 0.3 is 12.1 Å². The Hall–Kier alpha value is -2.29. The zero-order chi connectivity index (χ0) is 23.6. The summed E-state index contributed by atoms with van der Waals surface area (Å²) in [6, 6.07) is 2.47. The first-order chi connectivity index (χ1) is 14.2. The van der Waals surface area contributed by atoms with Crippen molar-refractivity contribution in [3.63, 3.8) is 0 Å². The van der Waals surface area contributed by atoms with Crippen molar-refractivity contribution in [3.8, 4) is 0 Å². The number of carboxylic acids is 1. The molecule has 10 nitrogen and oxygen atoms in total. The van der Waals surface area contributed by atoms with Gasteiger partial charge in [-0.2, -0.15) is 18.0 Å². The molecule has 2 rings (SSSR count). The van der Waals surface area contributed by atoms with Crippen LogP contribution in [0.1, 0.15) is 11.4 Å². The summed E-state index contributed by atoms with van der Waals surface area (Å²) in [4.78, 5) is 24.2. The molecule has 1 aromatic heterocycles. The molecule has 1 heterocycles. The predicted molar refractivity (Wildman–Crippen MR) is 101 cm³/mol. The fourth-order valence-corrected chi connectivity index (χ4v) is 4.61. The van der Waals surface area contributed by atoms with Crippen molar-refractivity contribution in [1.82, 2.24) is 20.2 Å². The normalized spacial score (nSPS) is 14.3. The van der Waals surface area contributed by atoms with E-state index in [1.165, 1.54) is 0 Å². The van der Waals surface area contributed by atoms with Gasteiger partial charge in [0.2, 0.25) is 0 Å². The average molecular weight is 504 g/mol. The van der Waals surface area contributed by atoms with Crippen molar-refractivity contribution < 1.29 is 36.3 Å². The smallest absolute Gasteiger partial charge is 0.402 e. The number of Topliss-reactive ketones (excluding diaryl/α,β-unsaturated/α-hetero) is 1. The molecule has 170 valence electrons. The lowest BCUT2D eigenvalue weighted by Crippen LogP contribution is -2.53. The SMILES string of the molecule is NC(C(=O)Cn1nnc(Cc2c(Cl)cccc2Cl)n1)C(C(=O)O)S(=O)(=O)CC(F)(F)F. The van der Waals surface area contributed by atoms with Crippen LogP contribution in [-0.4, -0.2) is 68.7 Å². The predicted octanol–water partition coefficient (Wildman–Crippen LogP) is 0.897. The molecule has 2 atom stereocenters. The number of benzene rings is 1. The standard InChI is InChI=1S/C15H14Cl2F3N5O5S/c16-8-2-1-3-9(17)7(8)4-11-22-24-25(23-11)5-10(26)12(21)13(14(27)28)31(29,30)6-15(18,19)20/h1-3,12-13H,4-6,21H2,(H,27,28). The molecule has 0 amide bonds. The van der Waals surface area contributed by atoms with Gasteiger partial charge in [-0.05, 0) is 22.9 Å². The molecular weight excluding hydrogens is 490 g/mol. The molecule has 0 bridgehead atoms. The van der Waals surface area contributed by atoms with E-state index in [0.717, 1.165) is 0 Å². The van der Waals surface area contributed by atoms with E-state index in [1.807, 2.05) is 0 Å². The summed E-state index contributed by atoms with van der Waals surface area (Å²) in [6.45, 7) is -0.824. The van der Waals surface area contributed by atoms with Gasteiger partial charge in [0.15, 0.2) is 26.7 Å². The van der Waals surface area contributed by atoms with Crippen LogP contribution in [0.3, 0.4) is 0 Å². The van der Waals surface area contributed by atoms with Crippen LogP contribution in [0.4, 0.5) is 13.2 Å². The average Bonchev–Trinajstić information content (AvgIpc) is 3.02. The lowest BCUT2D eigenvalue weighted by atomic mass is 10.1. The third-order valence-electron chi connectivity index (χ3n) is 3.88. The second-order valence-corrected chi connectivity index (χ2v) is 9.22. The molecule has 2 aromatic rings. The molecule has 31 heavy (non-hydrogen) atoms. The van der Waals surface area contributed by atoms with Gasteiger partial charge in [-0.15, -0.1) is 10.2 Å². The van der Waals surface area contributed by atoms with Crippen molar-refractivity contribution in [2.24, 2.45) is 5.73 Å². The Balaban J connectivity index is 2.16. The van der Waals surface area contributed by atoms with Crippen LogP contribution in [0.15, 0.2) is 18.2 Å². The summed E-state index contributed by atoms with van der Waals surface area (Å²) in [6.07, 6.45) is -5.19. The molecule has 16 heteroatoms. The first kappa shape index (κ1) is 25.0. The number of rotatable bonds is 9. The van der Waals surface area contributed by atoms with E-state index in [9.17, 15) is 31.2 Å². The Morgan fingerprint density at radius 2 is 1.81 bits per heavy atom. The second kappa shape index (κ2) is 9.46. The Morgan fingerprint density at radius 1 is 1.23 bits per heavy atom. The van der Waals surface area contributed by atoms with E-state index in [2.05, 4.69) is 15.4 Å². The molecule has 3 N–H and O–H groups in total. The minimum absolute atomic E-state index is 0.0243. The Kier molecular flexibility index (Phi) is 7.62. The number of nitrogens with two attached hydrogens (primary N) is 1. The van der Waals surface area contributed by atoms with Crippen molar-refractivity contribution in [2.45, 2.75) is 30.4 Å².